The number of carboxylic acid groups (broad SMARTS) is 1. The third-order valence-corrected chi connectivity index (χ3v) is 4.18. The molecule has 0 saturated carbocycles. The first-order valence-corrected chi connectivity index (χ1v) is 7.28. The number of hydrogen-bond acceptors (Lipinski definition) is 3. The molecule has 0 amide bonds. The second-order valence-electron chi connectivity index (χ2n) is 5.44. The van der Waals surface area contributed by atoms with Crippen LogP contribution < -0.4 is 10.0 Å². The van der Waals surface area contributed by atoms with E-state index in [1.54, 1.807) is 12.4 Å². The molecule has 2 aromatic rings. The summed E-state index contributed by atoms with van der Waals surface area (Å²) in [6.45, 7) is 1.53. The molecule has 1 aromatic carbocycles. The van der Waals surface area contributed by atoms with E-state index in [1.807, 2.05) is 12.1 Å². The van der Waals surface area contributed by atoms with Crippen LogP contribution in [0.15, 0.2) is 48.8 Å². The van der Waals surface area contributed by atoms with Gasteiger partial charge in [-0.05, 0) is 17.7 Å². The molecule has 0 fully saturated rings. The molecule has 1 N–H and O–H groups in total. The molecule has 2 atom stereocenters. The average molecular weight is 282 g/mol. The standard InChI is InChI=1S/C17H18N2O2/c20-16(21)8-12-19-11-7-13-3-1-2-4-15(13)17(19)14-5-9-18-10-6-14/h1-6,9-10,17H,7-8,11-12H2,(H,20,21)/t17-/m0/s1. The van der Waals surface area contributed by atoms with Gasteiger partial charge < -0.3 is 14.8 Å². The number of aliphatic carboxylic acids is 1. The summed E-state index contributed by atoms with van der Waals surface area (Å²) >= 11 is 0. The molecule has 0 radical (unpaired) electrons. The molecule has 21 heavy (non-hydrogen) atoms. The van der Waals surface area contributed by atoms with Gasteiger partial charge in [0.05, 0.1) is 13.1 Å². The van der Waals surface area contributed by atoms with Crippen LogP contribution in [0.1, 0.15) is 29.2 Å². The first-order valence-electron chi connectivity index (χ1n) is 7.28. The summed E-state index contributed by atoms with van der Waals surface area (Å²) in [5.74, 6) is -0.977. The lowest BCUT2D eigenvalue weighted by atomic mass is 9.88. The molecular formula is C17H18N2O2. The summed E-state index contributed by atoms with van der Waals surface area (Å²) in [6, 6.07) is 12.6. The number of carboxylic acids is 1. The van der Waals surface area contributed by atoms with Gasteiger partial charge in [0.2, 0.25) is 0 Å². The van der Waals surface area contributed by atoms with Gasteiger partial charge in [-0.25, -0.2) is 0 Å². The van der Waals surface area contributed by atoms with E-state index < -0.39 is 5.97 Å². The Balaban J connectivity index is 1.97. The van der Waals surface area contributed by atoms with Crippen molar-refractivity contribution in [3.8, 4) is 0 Å². The number of carbonyl (C=O) groups excluding carboxylic acids is 1. The fourth-order valence-corrected chi connectivity index (χ4v) is 3.21. The molecule has 1 aliphatic heterocycles. The SMILES string of the molecule is O=C([O-])CC[NH+]1CCc2ccccc2[C@@H]1c1ccncc1. The Bertz CT molecular complexity index is 628. The van der Waals surface area contributed by atoms with E-state index in [0.717, 1.165) is 13.0 Å². The molecule has 4 heteroatoms. The van der Waals surface area contributed by atoms with Gasteiger partial charge in [0.15, 0.2) is 0 Å². The highest BCUT2D eigenvalue weighted by Gasteiger charge is 2.31. The van der Waals surface area contributed by atoms with E-state index in [-0.39, 0.29) is 12.5 Å². The maximum Gasteiger partial charge on any atom is 0.139 e. The summed E-state index contributed by atoms with van der Waals surface area (Å²) in [7, 11) is 0. The summed E-state index contributed by atoms with van der Waals surface area (Å²) in [6.07, 6.45) is 4.67. The van der Waals surface area contributed by atoms with Crippen LogP contribution in [-0.4, -0.2) is 24.0 Å². The molecule has 1 unspecified atom stereocenters. The Hall–Kier alpha value is -2.20. The van der Waals surface area contributed by atoms with Crippen molar-refractivity contribution >= 4 is 5.97 Å². The van der Waals surface area contributed by atoms with Crippen LogP contribution in [0.25, 0.3) is 0 Å². The van der Waals surface area contributed by atoms with Crippen LogP contribution in [0.4, 0.5) is 0 Å². The number of aromatic nitrogens is 1. The number of carbonyl (C=O) groups is 1. The van der Waals surface area contributed by atoms with Gasteiger partial charge in [-0.3, -0.25) is 4.98 Å². The zero-order valence-corrected chi connectivity index (χ0v) is 11.8. The van der Waals surface area contributed by atoms with Gasteiger partial charge in [-0.1, -0.05) is 24.3 Å². The highest BCUT2D eigenvalue weighted by Crippen LogP contribution is 2.25. The summed E-state index contributed by atoms with van der Waals surface area (Å²) < 4.78 is 0. The predicted octanol–water partition coefficient (Wildman–Crippen LogP) is -0.248. The van der Waals surface area contributed by atoms with Crippen LogP contribution in [0, 0.1) is 0 Å². The van der Waals surface area contributed by atoms with Gasteiger partial charge >= 0.3 is 0 Å². The monoisotopic (exact) mass is 282 g/mol. The maximum atomic E-state index is 10.8. The Morgan fingerprint density at radius 2 is 2.00 bits per heavy atom. The van der Waals surface area contributed by atoms with Crippen molar-refractivity contribution in [2.75, 3.05) is 13.1 Å². The van der Waals surface area contributed by atoms with Crippen molar-refractivity contribution in [2.45, 2.75) is 18.9 Å². The first kappa shape index (κ1) is 13.8. The highest BCUT2D eigenvalue weighted by atomic mass is 16.4. The van der Waals surface area contributed by atoms with Gasteiger partial charge in [0, 0.05) is 42.3 Å². The number of rotatable bonds is 4. The molecule has 0 aliphatic carbocycles. The van der Waals surface area contributed by atoms with Crippen molar-refractivity contribution in [1.82, 2.24) is 4.98 Å². The highest BCUT2D eigenvalue weighted by molar-refractivity contribution is 5.64. The van der Waals surface area contributed by atoms with Crippen molar-refractivity contribution in [2.24, 2.45) is 0 Å². The maximum absolute atomic E-state index is 10.8. The Kier molecular flexibility index (Phi) is 3.97. The Morgan fingerprint density at radius 3 is 2.76 bits per heavy atom. The number of fused-ring (bicyclic) bond motifs is 1. The van der Waals surface area contributed by atoms with Crippen LogP contribution in [0.3, 0.4) is 0 Å². The van der Waals surface area contributed by atoms with Crippen LogP contribution in [-0.2, 0) is 11.2 Å². The molecule has 2 heterocycles. The van der Waals surface area contributed by atoms with Crippen molar-refractivity contribution in [1.29, 1.82) is 0 Å². The van der Waals surface area contributed by atoms with Gasteiger partial charge in [0.1, 0.15) is 6.04 Å². The predicted molar refractivity (Wildman–Crippen MR) is 76.5 cm³/mol. The van der Waals surface area contributed by atoms with Crippen LogP contribution in [0.5, 0.6) is 0 Å². The largest absolute Gasteiger partial charge is 0.550 e. The van der Waals surface area contributed by atoms with Crippen LogP contribution >= 0.6 is 0 Å². The fraction of sp³-hybridized carbons (Fsp3) is 0.294. The minimum atomic E-state index is -0.977. The van der Waals surface area contributed by atoms with Crippen molar-refractivity contribution < 1.29 is 14.8 Å². The quantitative estimate of drug-likeness (QED) is 0.841. The van der Waals surface area contributed by atoms with Crippen molar-refractivity contribution in [3.05, 3.63) is 65.5 Å². The summed E-state index contributed by atoms with van der Waals surface area (Å²) in [5.41, 5.74) is 3.84. The van der Waals surface area contributed by atoms with E-state index in [4.69, 9.17) is 0 Å². The summed E-state index contributed by atoms with van der Waals surface area (Å²) in [4.78, 5) is 16.2. The molecule has 0 bridgehead atoms. The van der Waals surface area contributed by atoms with Crippen LogP contribution in [0.2, 0.25) is 0 Å². The topological polar surface area (TPSA) is 57.5 Å². The summed E-state index contributed by atoms with van der Waals surface area (Å²) in [5, 5.41) is 10.8. The molecule has 0 spiro atoms. The fourth-order valence-electron chi connectivity index (χ4n) is 3.21. The zero-order chi connectivity index (χ0) is 14.7. The lowest BCUT2D eigenvalue weighted by Crippen LogP contribution is -3.13. The number of quaternary nitrogens is 1. The molecule has 1 aromatic heterocycles. The number of nitrogens with one attached hydrogen (secondary N) is 1. The van der Waals surface area contributed by atoms with E-state index >= 15 is 0 Å². The van der Waals surface area contributed by atoms with Gasteiger partial charge in [-0.2, -0.15) is 0 Å². The third kappa shape index (κ3) is 2.95. The lowest BCUT2D eigenvalue weighted by molar-refractivity contribution is -0.927. The molecular weight excluding hydrogens is 264 g/mol. The second-order valence-corrected chi connectivity index (χ2v) is 5.44. The van der Waals surface area contributed by atoms with E-state index in [0.29, 0.717) is 6.54 Å². The Morgan fingerprint density at radius 1 is 1.24 bits per heavy atom. The first-order chi connectivity index (χ1) is 10.3. The third-order valence-electron chi connectivity index (χ3n) is 4.18. The van der Waals surface area contributed by atoms with E-state index in [2.05, 4.69) is 29.2 Å². The lowest BCUT2D eigenvalue weighted by Gasteiger charge is -2.34. The molecule has 4 nitrogen and oxygen atoms in total. The van der Waals surface area contributed by atoms with E-state index in [9.17, 15) is 9.90 Å². The van der Waals surface area contributed by atoms with E-state index in [1.165, 1.54) is 21.6 Å². The minimum Gasteiger partial charge on any atom is -0.550 e. The average Bonchev–Trinajstić information content (AvgIpc) is 2.53. The number of nitrogens with zero attached hydrogens (tertiary/aromatic N) is 1. The van der Waals surface area contributed by atoms with Crippen molar-refractivity contribution in [3.63, 3.8) is 0 Å². The normalized spacial score (nSPS) is 20.8. The number of pyridine rings is 1. The van der Waals surface area contributed by atoms with Gasteiger partial charge in [-0.15, -0.1) is 0 Å². The molecule has 0 saturated heterocycles. The number of benzene rings is 1. The van der Waals surface area contributed by atoms with Gasteiger partial charge in [0.25, 0.3) is 0 Å². The minimum absolute atomic E-state index is 0.0963. The molecule has 108 valence electrons. The zero-order valence-electron chi connectivity index (χ0n) is 11.8. The number of hydrogen-bond donors (Lipinski definition) is 1. The molecule has 1 aliphatic rings. The Labute approximate surface area is 124 Å². The smallest absolute Gasteiger partial charge is 0.139 e. The second kappa shape index (κ2) is 6.06. The molecule has 3 rings (SSSR count).